The van der Waals surface area contributed by atoms with Crippen LogP contribution in [0.4, 0.5) is 5.82 Å². The van der Waals surface area contributed by atoms with Crippen LogP contribution in [-0.2, 0) is 14.4 Å². The van der Waals surface area contributed by atoms with Gasteiger partial charge in [-0.1, -0.05) is 81.1 Å². The number of rotatable bonds is 8. The molecule has 0 radical (unpaired) electrons. The van der Waals surface area contributed by atoms with Crippen molar-refractivity contribution in [3.05, 3.63) is 84.6 Å². The van der Waals surface area contributed by atoms with Crippen LogP contribution in [0.3, 0.4) is 0 Å². The van der Waals surface area contributed by atoms with Gasteiger partial charge in [0.25, 0.3) is 0 Å². The maximum absolute atomic E-state index is 13.2. The van der Waals surface area contributed by atoms with Crippen LogP contribution in [-0.4, -0.2) is 34.0 Å². The van der Waals surface area contributed by atoms with Crippen molar-refractivity contribution in [1.82, 2.24) is 15.8 Å². The second-order valence-corrected chi connectivity index (χ2v) is 9.90. The van der Waals surface area contributed by atoms with Gasteiger partial charge in [-0.3, -0.25) is 19.6 Å². The highest BCUT2D eigenvalue weighted by atomic mass is 16.5. The summed E-state index contributed by atoms with van der Waals surface area (Å²) < 4.78 is 0. The van der Waals surface area contributed by atoms with Crippen molar-refractivity contribution in [3.8, 4) is 23.0 Å². The molecule has 196 valence electrons. The number of hydroxylamine groups is 1. The zero-order valence-corrected chi connectivity index (χ0v) is 21.7. The third-order valence-corrected chi connectivity index (χ3v) is 5.83. The van der Waals surface area contributed by atoms with Crippen LogP contribution < -0.4 is 16.1 Å². The van der Waals surface area contributed by atoms with Crippen molar-refractivity contribution in [3.63, 3.8) is 0 Å². The number of carbonyl (C=O) groups is 3. The molecule has 0 aliphatic rings. The Bertz CT molecular complexity index is 1290. The van der Waals surface area contributed by atoms with Crippen LogP contribution in [0, 0.1) is 23.2 Å². The Morgan fingerprint density at radius 1 is 0.895 bits per heavy atom. The van der Waals surface area contributed by atoms with Crippen molar-refractivity contribution in [1.29, 1.82) is 0 Å². The van der Waals surface area contributed by atoms with Gasteiger partial charge in [0, 0.05) is 24.6 Å². The Morgan fingerprint density at radius 3 is 2.16 bits per heavy atom. The van der Waals surface area contributed by atoms with Crippen LogP contribution in [0.25, 0.3) is 11.1 Å². The van der Waals surface area contributed by atoms with Crippen molar-refractivity contribution < 1.29 is 19.6 Å². The molecule has 3 aromatic rings. The van der Waals surface area contributed by atoms with Gasteiger partial charge in [-0.05, 0) is 40.8 Å². The first-order chi connectivity index (χ1) is 18.2. The molecule has 2 unspecified atom stereocenters. The summed E-state index contributed by atoms with van der Waals surface area (Å²) in [6.07, 6.45) is 1.32. The molecule has 0 spiro atoms. The maximum atomic E-state index is 13.2. The first-order valence-electron chi connectivity index (χ1n) is 12.3. The van der Waals surface area contributed by atoms with E-state index < -0.39 is 35.1 Å². The number of nitrogens with one attached hydrogen (secondary N) is 3. The van der Waals surface area contributed by atoms with Gasteiger partial charge in [0.2, 0.25) is 17.7 Å². The van der Waals surface area contributed by atoms with Gasteiger partial charge in [0.15, 0.2) is 0 Å². The Morgan fingerprint density at radius 2 is 1.55 bits per heavy atom. The van der Waals surface area contributed by atoms with Gasteiger partial charge in [-0.25, -0.2) is 10.5 Å². The summed E-state index contributed by atoms with van der Waals surface area (Å²) in [6.45, 7) is 5.47. The van der Waals surface area contributed by atoms with Crippen LogP contribution >= 0.6 is 0 Å². The number of pyridine rings is 1. The summed E-state index contributed by atoms with van der Waals surface area (Å²) in [5.41, 5.74) is 3.85. The van der Waals surface area contributed by atoms with Crippen LogP contribution in [0.2, 0.25) is 0 Å². The highest BCUT2D eigenvalue weighted by Gasteiger charge is 2.35. The Kier molecular flexibility index (Phi) is 9.74. The molecule has 2 atom stereocenters. The van der Waals surface area contributed by atoms with Crippen LogP contribution in [0.1, 0.15) is 39.2 Å². The molecular formula is C30H32N4O4. The topological polar surface area (TPSA) is 120 Å². The summed E-state index contributed by atoms with van der Waals surface area (Å²) >= 11 is 0. The lowest BCUT2D eigenvalue weighted by atomic mass is 9.85. The number of hydrogen-bond acceptors (Lipinski definition) is 5. The Balaban J connectivity index is 1.72. The zero-order chi connectivity index (χ0) is 27.5. The van der Waals surface area contributed by atoms with Gasteiger partial charge in [-0.2, -0.15) is 0 Å². The number of aromatic nitrogens is 1. The standard InChI is InChI=1S/C30H32N4O4/c1-30(2,3)27(29(37)32-25-14-7-8-19-31-25)33-28(36)24(20-26(35)34-38)13-9-10-21-15-17-23(18-16-21)22-11-5-4-6-12-22/h4-8,11-12,14-19,24,27,38H,13,20H2,1-3H3,(H,33,36)(H,34,35)(H,31,32,37). The van der Waals surface area contributed by atoms with E-state index in [2.05, 4.69) is 27.5 Å². The summed E-state index contributed by atoms with van der Waals surface area (Å²) in [6, 6.07) is 21.9. The summed E-state index contributed by atoms with van der Waals surface area (Å²) in [5, 5.41) is 14.5. The van der Waals surface area contributed by atoms with E-state index in [4.69, 9.17) is 5.21 Å². The minimum Gasteiger partial charge on any atom is -0.344 e. The third kappa shape index (κ3) is 8.29. The van der Waals surface area contributed by atoms with E-state index in [0.717, 1.165) is 16.7 Å². The summed E-state index contributed by atoms with van der Waals surface area (Å²) in [4.78, 5) is 42.2. The predicted octanol–water partition coefficient (Wildman–Crippen LogP) is 4.17. The van der Waals surface area contributed by atoms with Crippen LogP contribution in [0.5, 0.6) is 0 Å². The largest absolute Gasteiger partial charge is 0.344 e. The maximum Gasteiger partial charge on any atom is 0.248 e. The number of benzene rings is 2. The van der Waals surface area contributed by atoms with Crippen molar-refractivity contribution in [2.75, 3.05) is 5.32 Å². The van der Waals surface area contributed by atoms with E-state index in [1.54, 1.807) is 29.9 Å². The zero-order valence-electron chi connectivity index (χ0n) is 21.7. The molecule has 38 heavy (non-hydrogen) atoms. The average Bonchev–Trinajstić information content (AvgIpc) is 2.91. The number of nitrogens with zero attached hydrogens (tertiary/aromatic N) is 1. The molecular weight excluding hydrogens is 480 g/mol. The van der Waals surface area contributed by atoms with E-state index in [0.29, 0.717) is 5.82 Å². The molecule has 8 heteroatoms. The fraction of sp³-hybridized carbons (Fsp3) is 0.267. The predicted molar refractivity (Wildman–Crippen MR) is 146 cm³/mol. The highest BCUT2D eigenvalue weighted by molar-refractivity contribution is 5.97. The molecule has 8 nitrogen and oxygen atoms in total. The van der Waals surface area contributed by atoms with Gasteiger partial charge in [-0.15, -0.1) is 0 Å². The van der Waals surface area contributed by atoms with Gasteiger partial charge in [0.1, 0.15) is 11.9 Å². The molecule has 1 aromatic heterocycles. The normalized spacial score (nSPS) is 12.3. The minimum atomic E-state index is -0.907. The molecule has 0 fully saturated rings. The lowest BCUT2D eigenvalue weighted by Crippen LogP contribution is -2.53. The smallest absolute Gasteiger partial charge is 0.248 e. The first kappa shape index (κ1) is 28.1. The monoisotopic (exact) mass is 512 g/mol. The number of amides is 3. The second-order valence-electron chi connectivity index (χ2n) is 9.90. The van der Waals surface area contributed by atoms with E-state index in [1.807, 2.05) is 75.4 Å². The van der Waals surface area contributed by atoms with Crippen molar-refractivity contribution >= 4 is 23.5 Å². The quantitative estimate of drug-likeness (QED) is 0.205. The fourth-order valence-corrected chi connectivity index (χ4v) is 3.75. The second kappa shape index (κ2) is 13.2. The SMILES string of the molecule is CC(C)(C)C(NC(=O)C(CC#Cc1ccc(-c2ccccc2)cc1)CC(=O)NO)C(=O)Nc1ccccn1. The molecule has 1 heterocycles. The molecule has 0 saturated carbocycles. The Hall–Kier alpha value is -4.48. The number of anilines is 1. The molecule has 3 rings (SSSR count). The van der Waals surface area contributed by atoms with E-state index in [-0.39, 0.29) is 12.8 Å². The molecule has 0 aliphatic heterocycles. The Labute approximate surface area is 222 Å². The lowest BCUT2D eigenvalue weighted by Gasteiger charge is -2.31. The van der Waals surface area contributed by atoms with Crippen molar-refractivity contribution in [2.45, 2.75) is 39.7 Å². The number of carbonyl (C=O) groups excluding carboxylic acids is 3. The van der Waals surface area contributed by atoms with Crippen LogP contribution in [0.15, 0.2) is 79.0 Å². The molecule has 0 aliphatic carbocycles. The van der Waals surface area contributed by atoms with Gasteiger partial charge >= 0.3 is 0 Å². The third-order valence-electron chi connectivity index (χ3n) is 5.83. The van der Waals surface area contributed by atoms with Gasteiger partial charge in [0.05, 0.1) is 5.92 Å². The summed E-state index contributed by atoms with van der Waals surface area (Å²) in [5.74, 6) is 3.81. The first-order valence-corrected chi connectivity index (χ1v) is 12.3. The molecule has 0 saturated heterocycles. The highest BCUT2D eigenvalue weighted by Crippen LogP contribution is 2.22. The number of hydrogen-bond donors (Lipinski definition) is 4. The van der Waals surface area contributed by atoms with E-state index in [1.165, 1.54) is 0 Å². The average molecular weight is 513 g/mol. The van der Waals surface area contributed by atoms with E-state index in [9.17, 15) is 14.4 Å². The molecule has 2 aromatic carbocycles. The molecule has 4 N–H and O–H groups in total. The molecule has 3 amide bonds. The van der Waals surface area contributed by atoms with E-state index >= 15 is 0 Å². The fourth-order valence-electron chi connectivity index (χ4n) is 3.75. The summed E-state index contributed by atoms with van der Waals surface area (Å²) in [7, 11) is 0. The molecule has 0 bridgehead atoms. The lowest BCUT2D eigenvalue weighted by molar-refractivity contribution is -0.136. The van der Waals surface area contributed by atoms with Gasteiger partial charge < -0.3 is 10.6 Å². The van der Waals surface area contributed by atoms with Crippen molar-refractivity contribution in [2.24, 2.45) is 11.3 Å². The minimum absolute atomic E-state index is 0.0540.